The quantitative estimate of drug-likeness (QED) is 0.667. The van der Waals surface area contributed by atoms with E-state index in [1.807, 2.05) is 52.0 Å². The topological polar surface area (TPSA) is 110 Å². The highest BCUT2D eigenvalue weighted by Crippen LogP contribution is 2.27. The van der Waals surface area contributed by atoms with Gasteiger partial charge in [0.15, 0.2) is 11.6 Å². The van der Waals surface area contributed by atoms with Crippen molar-refractivity contribution in [3.8, 4) is 11.5 Å². The smallest absolute Gasteiger partial charge is 0.410 e. The number of nitrogens with two attached hydrogens (primary N) is 1. The molecule has 4 rings (SSSR count). The van der Waals surface area contributed by atoms with Crippen molar-refractivity contribution >= 4 is 28.5 Å². The molecule has 8 heteroatoms. The molecule has 30 heavy (non-hydrogen) atoms. The van der Waals surface area contributed by atoms with Crippen LogP contribution in [0.1, 0.15) is 38.4 Å². The number of fused-ring (bicyclic) bond motifs is 1. The number of ether oxygens (including phenoxy) is 1. The standard InChI is InChI=1S/C22H26N6O2/c1-13-5-6-15-16(11-13)27-20(26-15)18-19(23)24-12-17(25-18)14-7-9-28(10-8-14)21(29)30-22(2,3)4/h5-7,11-12H,8-10H2,1-4H3,(H2,23,24)(H,26,27). The van der Waals surface area contributed by atoms with Crippen LogP contribution in [0.5, 0.6) is 0 Å². The van der Waals surface area contributed by atoms with Gasteiger partial charge in [-0.15, -0.1) is 0 Å². The normalized spacial score (nSPS) is 14.7. The lowest BCUT2D eigenvalue weighted by Gasteiger charge is -2.29. The lowest BCUT2D eigenvalue weighted by Crippen LogP contribution is -2.39. The molecule has 0 unspecified atom stereocenters. The zero-order valence-corrected chi connectivity index (χ0v) is 17.7. The van der Waals surface area contributed by atoms with Crippen molar-refractivity contribution in [2.75, 3.05) is 18.8 Å². The average molecular weight is 406 g/mol. The number of aromatic nitrogens is 4. The predicted molar refractivity (Wildman–Crippen MR) is 117 cm³/mol. The van der Waals surface area contributed by atoms with E-state index in [1.54, 1.807) is 11.1 Å². The van der Waals surface area contributed by atoms with E-state index in [0.717, 1.165) is 27.9 Å². The summed E-state index contributed by atoms with van der Waals surface area (Å²) >= 11 is 0. The van der Waals surface area contributed by atoms with Crippen LogP contribution >= 0.6 is 0 Å². The Balaban J connectivity index is 1.58. The molecule has 3 N–H and O–H groups in total. The van der Waals surface area contributed by atoms with Gasteiger partial charge >= 0.3 is 6.09 Å². The van der Waals surface area contributed by atoms with Crippen molar-refractivity contribution in [2.45, 2.75) is 39.7 Å². The van der Waals surface area contributed by atoms with Crippen LogP contribution in [-0.4, -0.2) is 49.6 Å². The molecule has 1 aromatic carbocycles. The molecule has 0 atom stereocenters. The van der Waals surface area contributed by atoms with Gasteiger partial charge < -0.3 is 20.4 Å². The molecular weight excluding hydrogens is 380 g/mol. The zero-order chi connectivity index (χ0) is 21.5. The Bertz CT molecular complexity index is 1140. The maximum absolute atomic E-state index is 12.3. The van der Waals surface area contributed by atoms with E-state index in [4.69, 9.17) is 15.5 Å². The number of amides is 1. The number of aryl methyl sites for hydroxylation is 1. The van der Waals surface area contributed by atoms with Gasteiger partial charge in [-0.3, -0.25) is 0 Å². The van der Waals surface area contributed by atoms with Crippen LogP contribution < -0.4 is 5.73 Å². The van der Waals surface area contributed by atoms with Gasteiger partial charge in [-0.2, -0.15) is 0 Å². The van der Waals surface area contributed by atoms with Crippen LogP contribution in [0.15, 0.2) is 30.5 Å². The minimum Gasteiger partial charge on any atom is -0.444 e. The number of H-pyrrole nitrogens is 1. The van der Waals surface area contributed by atoms with Crippen LogP contribution in [0, 0.1) is 6.92 Å². The summed E-state index contributed by atoms with van der Waals surface area (Å²) in [6.45, 7) is 8.65. The van der Waals surface area contributed by atoms with E-state index in [1.165, 1.54) is 0 Å². The largest absolute Gasteiger partial charge is 0.444 e. The number of nitrogens with one attached hydrogen (secondary N) is 1. The molecule has 0 spiro atoms. The van der Waals surface area contributed by atoms with Crippen molar-refractivity contribution in [2.24, 2.45) is 0 Å². The minimum atomic E-state index is -0.510. The van der Waals surface area contributed by atoms with Crippen molar-refractivity contribution < 1.29 is 9.53 Å². The van der Waals surface area contributed by atoms with Gasteiger partial charge in [-0.1, -0.05) is 12.1 Å². The van der Waals surface area contributed by atoms with Crippen molar-refractivity contribution in [1.82, 2.24) is 24.8 Å². The van der Waals surface area contributed by atoms with Gasteiger partial charge in [0.25, 0.3) is 0 Å². The van der Waals surface area contributed by atoms with E-state index in [-0.39, 0.29) is 6.09 Å². The molecule has 0 saturated heterocycles. The molecule has 1 amide bonds. The number of carbonyl (C=O) groups excluding carboxylic acids is 1. The van der Waals surface area contributed by atoms with Crippen LogP contribution in [-0.2, 0) is 4.74 Å². The van der Waals surface area contributed by atoms with E-state index in [2.05, 4.69) is 15.0 Å². The Hall–Kier alpha value is -3.42. The van der Waals surface area contributed by atoms with E-state index >= 15 is 0 Å². The Morgan fingerprint density at radius 2 is 2.07 bits per heavy atom. The van der Waals surface area contributed by atoms with Crippen LogP contribution in [0.3, 0.4) is 0 Å². The summed E-state index contributed by atoms with van der Waals surface area (Å²) in [4.78, 5) is 30.9. The fourth-order valence-corrected chi connectivity index (χ4v) is 3.36. The first-order chi connectivity index (χ1) is 14.2. The number of anilines is 1. The summed E-state index contributed by atoms with van der Waals surface area (Å²) in [5, 5.41) is 0. The molecular formula is C22H26N6O2. The van der Waals surface area contributed by atoms with Gasteiger partial charge in [0.05, 0.1) is 22.9 Å². The minimum absolute atomic E-state index is 0.306. The highest BCUT2D eigenvalue weighted by atomic mass is 16.6. The summed E-state index contributed by atoms with van der Waals surface area (Å²) in [5.74, 6) is 0.913. The SMILES string of the molecule is Cc1ccc2nc(-c3nc(C4=CCN(C(=O)OC(C)(C)C)CC4)cnc3N)[nH]c2c1. The monoisotopic (exact) mass is 406 g/mol. The third kappa shape index (κ3) is 4.12. The number of imidazole rings is 1. The predicted octanol–water partition coefficient (Wildman–Crippen LogP) is 3.93. The van der Waals surface area contributed by atoms with Crippen molar-refractivity contribution in [3.05, 3.63) is 41.7 Å². The molecule has 3 heterocycles. The number of carbonyl (C=O) groups is 1. The second-order valence-electron chi connectivity index (χ2n) is 8.50. The van der Waals surface area contributed by atoms with Gasteiger partial charge in [0, 0.05) is 13.1 Å². The van der Waals surface area contributed by atoms with Crippen molar-refractivity contribution in [1.29, 1.82) is 0 Å². The molecule has 0 radical (unpaired) electrons. The van der Waals surface area contributed by atoms with Crippen molar-refractivity contribution in [3.63, 3.8) is 0 Å². The fourth-order valence-electron chi connectivity index (χ4n) is 3.36. The molecule has 1 aliphatic rings. The highest BCUT2D eigenvalue weighted by Gasteiger charge is 2.24. The molecule has 0 bridgehead atoms. The zero-order valence-electron chi connectivity index (χ0n) is 17.7. The Labute approximate surface area is 175 Å². The molecule has 1 aliphatic heterocycles. The molecule has 8 nitrogen and oxygen atoms in total. The summed E-state index contributed by atoms with van der Waals surface area (Å²) in [5.41, 5.74) is 10.8. The second kappa shape index (κ2) is 7.44. The number of aromatic amines is 1. The second-order valence-corrected chi connectivity index (χ2v) is 8.50. The lowest BCUT2D eigenvalue weighted by atomic mass is 10.1. The molecule has 2 aromatic heterocycles. The Kier molecular flexibility index (Phi) is 4.93. The van der Waals surface area contributed by atoms with Crippen LogP contribution in [0.2, 0.25) is 0 Å². The fraction of sp³-hybridized carbons (Fsp3) is 0.364. The summed E-state index contributed by atoms with van der Waals surface area (Å²) in [7, 11) is 0. The summed E-state index contributed by atoms with van der Waals surface area (Å²) in [6.07, 6.45) is 4.01. The summed E-state index contributed by atoms with van der Waals surface area (Å²) in [6, 6.07) is 6.02. The van der Waals surface area contributed by atoms with E-state index in [0.29, 0.717) is 36.8 Å². The first-order valence-corrected chi connectivity index (χ1v) is 9.96. The number of hydrogen-bond donors (Lipinski definition) is 2. The lowest BCUT2D eigenvalue weighted by molar-refractivity contribution is 0.0270. The number of benzene rings is 1. The number of nitrogen functional groups attached to an aromatic ring is 1. The van der Waals surface area contributed by atoms with Crippen LogP contribution in [0.25, 0.3) is 28.1 Å². The molecule has 156 valence electrons. The highest BCUT2D eigenvalue weighted by molar-refractivity contribution is 5.81. The molecule has 3 aromatic rings. The van der Waals surface area contributed by atoms with Gasteiger partial charge in [0.1, 0.15) is 11.3 Å². The van der Waals surface area contributed by atoms with Gasteiger partial charge in [-0.25, -0.2) is 19.7 Å². The molecule has 0 fully saturated rings. The molecule has 0 saturated carbocycles. The third-order valence-electron chi connectivity index (χ3n) is 4.85. The van der Waals surface area contributed by atoms with E-state index < -0.39 is 5.60 Å². The van der Waals surface area contributed by atoms with E-state index in [9.17, 15) is 4.79 Å². The maximum Gasteiger partial charge on any atom is 0.410 e. The molecule has 0 aliphatic carbocycles. The van der Waals surface area contributed by atoms with Gasteiger partial charge in [-0.05, 0) is 57.4 Å². The van der Waals surface area contributed by atoms with Crippen LogP contribution in [0.4, 0.5) is 10.6 Å². The number of hydrogen-bond acceptors (Lipinski definition) is 6. The number of nitrogens with zero attached hydrogens (tertiary/aromatic N) is 4. The third-order valence-corrected chi connectivity index (χ3v) is 4.85. The number of rotatable bonds is 2. The average Bonchev–Trinajstić information content (AvgIpc) is 3.10. The summed E-state index contributed by atoms with van der Waals surface area (Å²) < 4.78 is 5.45. The first kappa shape index (κ1) is 19.9. The maximum atomic E-state index is 12.3. The van der Waals surface area contributed by atoms with Gasteiger partial charge in [0.2, 0.25) is 0 Å². The Morgan fingerprint density at radius 3 is 2.77 bits per heavy atom. The Morgan fingerprint density at radius 1 is 1.27 bits per heavy atom. The first-order valence-electron chi connectivity index (χ1n) is 9.96.